The zero-order chi connectivity index (χ0) is 15.9. The molecule has 116 valence electrons. The average molecular weight is 341 g/mol. The van der Waals surface area contributed by atoms with Crippen LogP contribution >= 0.6 is 23.2 Å². The van der Waals surface area contributed by atoms with Crippen LogP contribution in [0, 0.1) is 0 Å². The molecule has 0 bridgehead atoms. The second-order valence-corrected chi connectivity index (χ2v) is 5.90. The van der Waals surface area contributed by atoms with Gasteiger partial charge in [-0.25, -0.2) is 4.79 Å². The Morgan fingerprint density at radius 1 is 1.23 bits per heavy atom. The molecule has 3 aromatic rings. The van der Waals surface area contributed by atoms with Gasteiger partial charge in [-0.1, -0.05) is 23.2 Å². The number of rotatable bonds is 4. The van der Waals surface area contributed by atoms with Crippen molar-refractivity contribution in [3.63, 3.8) is 0 Å². The van der Waals surface area contributed by atoms with E-state index in [1.807, 2.05) is 0 Å². The molecule has 0 spiro atoms. The molecule has 0 saturated carbocycles. The van der Waals surface area contributed by atoms with E-state index in [1.165, 1.54) is 9.13 Å². The average Bonchev–Trinajstić information content (AvgIpc) is 3.05. The fourth-order valence-corrected chi connectivity index (χ4v) is 2.78. The van der Waals surface area contributed by atoms with E-state index in [0.717, 1.165) is 0 Å². The molecule has 6 nitrogen and oxygen atoms in total. The van der Waals surface area contributed by atoms with Crippen LogP contribution in [0.3, 0.4) is 0 Å². The maximum absolute atomic E-state index is 12.4. The lowest BCUT2D eigenvalue weighted by Crippen LogP contribution is -2.30. The van der Waals surface area contributed by atoms with Crippen molar-refractivity contribution in [2.24, 2.45) is 7.05 Å². The molecule has 2 heterocycles. The van der Waals surface area contributed by atoms with Crippen molar-refractivity contribution in [3.8, 4) is 0 Å². The van der Waals surface area contributed by atoms with E-state index >= 15 is 0 Å². The summed E-state index contributed by atoms with van der Waals surface area (Å²) >= 11 is 12.0. The van der Waals surface area contributed by atoms with Gasteiger partial charge in [0.1, 0.15) is 0 Å². The molecular formula is C14H14Cl2N4O2. The van der Waals surface area contributed by atoms with Crippen molar-refractivity contribution in [3.05, 3.63) is 51.1 Å². The zero-order valence-corrected chi connectivity index (χ0v) is 13.3. The van der Waals surface area contributed by atoms with Crippen molar-refractivity contribution in [2.45, 2.75) is 19.2 Å². The number of aromatic nitrogens is 4. The Morgan fingerprint density at radius 2 is 1.91 bits per heavy atom. The Morgan fingerprint density at radius 3 is 2.55 bits per heavy atom. The molecule has 0 aliphatic rings. The molecule has 8 heteroatoms. The molecule has 0 aliphatic carbocycles. The normalized spacial score (nSPS) is 12.9. The van der Waals surface area contributed by atoms with E-state index in [1.54, 1.807) is 42.3 Å². The fourth-order valence-electron chi connectivity index (χ4n) is 2.47. The highest BCUT2D eigenvalue weighted by molar-refractivity contribution is 6.42. The minimum atomic E-state index is -0.752. The van der Waals surface area contributed by atoms with Crippen molar-refractivity contribution >= 4 is 34.2 Å². The number of imidazole rings is 1. The lowest BCUT2D eigenvalue weighted by Gasteiger charge is -2.11. The number of fused-ring (bicyclic) bond motifs is 1. The SMILES string of the molecule is Cn1c(=O)n(CC(O)Cn2cccn2)c2cc(Cl)c(Cl)cc21. The number of aliphatic hydroxyl groups is 1. The summed E-state index contributed by atoms with van der Waals surface area (Å²) in [6, 6.07) is 5.07. The Kier molecular flexibility index (Phi) is 3.99. The highest BCUT2D eigenvalue weighted by Crippen LogP contribution is 2.27. The monoisotopic (exact) mass is 340 g/mol. The van der Waals surface area contributed by atoms with Gasteiger partial charge in [-0.15, -0.1) is 0 Å². The number of nitrogens with zero attached hydrogens (tertiary/aromatic N) is 4. The summed E-state index contributed by atoms with van der Waals surface area (Å²) in [6.07, 6.45) is 2.64. The van der Waals surface area contributed by atoms with Crippen molar-refractivity contribution in [1.29, 1.82) is 0 Å². The van der Waals surface area contributed by atoms with Crippen molar-refractivity contribution < 1.29 is 5.11 Å². The number of aliphatic hydroxyl groups excluding tert-OH is 1. The van der Waals surface area contributed by atoms with Gasteiger partial charge in [0.2, 0.25) is 0 Å². The van der Waals surface area contributed by atoms with Crippen LogP contribution in [-0.2, 0) is 20.1 Å². The first-order valence-electron chi connectivity index (χ1n) is 6.67. The maximum atomic E-state index is 12.4. The molecule has 1 unspecified atom stereocenters. The zero-order valence-electron chi connectivity index (χ0n) is 11.8. The molecule has 1 aromatic carbocycles. The van der Waals surface area contributed by atoms with Crippen LogP contribution in [0.2, 0.25) is 10.0 Å². The van der Waals surface area contributed by atoms with Crippen LogP contribution in [0.25, 0.3) is 11.0 Å². The largest absolute Gasteiger partial charge is 0.389 e. The molecule has 3 rings (SSSR count). The first-order valence-corrected chi connectivity index (χ1v) is 7.42. The van der Waals surface area contributed by atoms with Crippen LogP contribution in [-0.4, -0.2) is 30.1 Å². The predicted molar refractivity (Wildman–Crippen MR) is 85.4 cm³/mol. The van der Waals surface area contributed by atoms with Gasteiger partial charge in [0.05, 0.1) is 40.3 Å². The highest BCUT2D eigenvalue weighted by atomic mass is 35.5. The maximum Gasteiger partial charge on any atom is 0.328 e. The van der Waals surface area contributed by atoms with Crippen molar-refractivity contribution in [1.82, 2.24) is 18.9 Å². The summed E-state index contributed by atoms with van der Waals surface area (Å²) in [5.74, 6) is 0. The Bertz CT molecular complexity index is 867. The van der Waals surface area contributed by atoms with Gasteiger partial charge in [-0.3, -0.25) is 13.8 Å². The third kappa shape index (κ3) is 2.65. The molecule has 0 radical (unpaired) electrons. The van der Waals surface area contributed by atoms with Gasteiger partial charge in [0, 0.05) is 19.4 Å². The summed E-state index contributed by atoms with van der Waals surface area (Å²) in [7, 11) is 1.66. The predicted octanol–water partition coefficient (Wildman–Crippen LogP) is 1.90. The van der Waals surface area contributed by atoms with Crippen LogP contribution in [0.1, 0.15) is 0 Å². The van der Waals surface area contributed by atoms with Gasteiger partial charge in [0.25, 0.3) is 0 Å². The molecule has 0 fully saturated rings. The summed E-state index contributed by atoms with van der Waals surface area (Å²) in [6.45, 7) is 0.450. The van der Waals surface area contributed by atoms with Gasteiger partial charge in [-0.05, 0) is 18.2 Å². The van der Waals surface area contributed by atoms with Gasteiger partial charge in [0.15, 0.2) is 0 Å². The third-order valence-electron chi connectivity index (χ3n) is 3.54. The van der Waals surface area contributed by atoms with Gasteiger partial charge >= 0.3 is 5.69 Å². The summed E-state index contributed by atoms with van der Waals surface area (Å²) < 4.78 is 4.59. The highest BCUT2D eigenvalue weighted by Gasteiger charge is 2.16. The van der Waals surface area contributed by atoms with Gasteiger partial charge in [-0.2, -0.15) is 5.10 Å². The van der Waals surface area contributed by atoms with E-state index in [9.17, 15) is 9.90 Å². The quantitative estimate of drug-likeness (QED) is 0.788. The topological polar surface area (TPSA) is 65.0 Å². The molecule has 2 aromatic heterocycles. The Labute approximate surface area is 136 Å². The molecular weight excluding hydrogens is 327 g/mol. The Hall–Kier alpha value is -1.76. The second kappa shape index (κ2) is 5.79. The number of hydrogen-bond acceptors (Lipinski definition) is 3. The third-order valence-corrected chi connectivity index (χ3v) is 4.26. The summed E-state index contributed by atoms with van der Waals surface area (Å²) in [5.41, 5.74) is 1.08. The number of aryl methyl sites for hydroxylation is 1. The molecule has 1 N–H and O–H groups in total. The second-order valence-electron chi connectivity index (χ2n) is 5.09. The molecule has 22 heavy (non-hydrogen) atoms. The van der Waals surface area contributed by atoms with Crippen LogP contribution in [0.4, 0.5) is 0 Å². The first-order chi connectivity index (χ1) is 10.5. The summed E-state index contributed by atoms with van der Waals surface area (Å²) in [4.78, 5) is 12.4. The van der Waals surface area contributed by atoms with E-state index in [4.69, 9.17) is 23.2 Å². The number of benzene rings is 1. The Balaban J connectivity index is 1.98. The lowest BCUT2D eigenvalue weighted by molar-refractivity contribution is 0.130. The van der Waals surface area contributed by atoms with Crippen LogP contribution in [0.5, 0.6) is 0 Å². The molecule has 1 atom stereocenters. The van der Waals surface area contributed by atoms with E-state index in [0.29, 0.717) is 27.6 Å². The van der Waals surface area contributed by atoms with Crippen LogP contribution < -0.4 is 5.69 Å². The molecule has 0 saturated heterocycles. The summed E-state index contributed by atoms with van der Waals surface area (Å²) in [5, 5.41) is 15.0. The minimum absolute atomic E-state index is 0.147. The molecule has 0 amide bonds. The lowest BCUT2D eigenvalue weighted by atomic mass is 10.3. The molecule has 0 aliphatic heterocycles. The van der Waals surface area contributed by atoms with Crippen molar-refractivity contribution in [2.75, 3.05) is 0 Å². The number of halogens is 2. The van der Waals surface area contributed by atoms with Crippen LogP contribution in [0.15, 0.2) is 35.4 Å². The van der Waals surface area contributed by atoms with E-state index in [-0.39, 0.29) is 12.2 Å². The standard InChI is InChI=1S/C14H14Cl2N4O2/c1-18-12-5-10(15)11(16)6-13(12)20(14(18)22)8-9(21)7-19-4-2-3-17-19/h2-6,9,21H,7-8H2,1H3. The van der Waals surface area contributed by atoms with E-state index < -0.39 is 6.10 Å². The first kappa shape index (κ1) is 15.1. The van der Waals surface area contributed by atoms with Gasteiger partial charge < -0.3 is 5.11 Å². The smallest absolute Gasteiger partial charge is 0.328 e. The van der Waals surface area contributed by atoms with E-state index in [2.05, 4.69) is 5.10 Å². The number of hydrogen-bond donors (Lipinski definition) is 1. The minimum Gasteiger partial charge on any atom is -0.389 e. The fraction of sp³-hybridized carbons (Fsp3) is 0.286.